The average Bonchev–Trinajstić information content (AvgIpc) is 2.87. The summed E-state index contributed by atoms with van der Waals surface area (Å²) in [6.07, 6.45) is 5.88. The van der Waals surface area contributed by atoms with E-state index in [-0.39, 0.29) is 27.9 Å². The van der Waals surface area contributed by atoms with Crippen LogP contribution in [-0.4, -0.2) is 48.6 Å². The van der Waals surface area contributed by atoms with E-state index in [0.717, 1.165) is 29.5 Å². The van der Waals surface area contributed by atoms with E-state index < -0.39 is 27.9 Å². The molecule has 36 heavy (non-hydrogen) atoms. The lowest BCUT2D eigenvalue weighted by molar-refractivity contribution is -0.129. The third kappa shape index (κ3) is 6.39. The number of rotatable bonds is 8. The predicted octanol–water partition coefficient (Wildman–Crippen LogP) is 3.65. The highest BCUT2D eigenvalue weighted by Crippen LogP contribution is 2.28. The Labute approximate surface area is 221 Å². The van der Waals surface area contributed by atoms with Crippen molar-refractivity contribution in [1.82, 2.24) is 19.8 Å². The first-order chi connectivity index (χ1) is 17.2. The van der Waals surface area contributed by atoms with Crippen molar-refractivity contribution >= 4 is 45.0 Å². The van der Waals surface area contributed by atoms with E-state index in [1.807, 2.05) is 12.1 Å². The Balaban J connectivity index is 1.37. The zero-order valence-electron chi connectivity index (χ0n) is 19.6. The summed E-state index contributed by atoms with van der Waals surface area (Å²) >= 11 is 11.9. The maximum Gasteiger partial charge on any atom is 0.264 e. The molecule has 4 rings (SSSR count). The van der Waals surface area contributed by atoms with Gasteiger partial charge >= 0.3 is 0 Å². The normalized spacial score (nSPS) is 18.7. The number of amides is 2. The van der Waals surface area contributed by atoms with E-state index in [2.05, 4.69) is 27.7 Å². The van der Waals surface area contributed by atoms with Crippen molar-refractivity contribution in [2.75, 3.05) is 13.1 Å². The Morgan fingerprint density at radius 2 is 1.69 bits per heavy atom. The first-order valence-electron chi connectivity index (χ1n) is 11.8. The first kappa shape index (κ1) is 26.5. The number of benzene rings is 2. The van der Waals surface area contributed by atoms with E-state index in [1.165, 1.54) is 55.4 Å². The van der Waals surface area contributed by atoms with Gasteiger partial charge in [0.2, 0.25) is 11.8 Å². The Bertz CT molecular complexity index is 1250. The predicted molar refractivity (Wildman–Crippen MR) is 139 cm³/mol. The minimum absolute atomic E-state index is 0.0689. The summed E-state index contributed by atoms with van der Waals surface area (Å²) < 4.78 is 27.3. The van der Waals surface area contributed by atoms with Gasteiger partial charge in [-0.05, 0) is 55.3 Å². The van der Waals surface area contributed by atoms with Gasteiger partial charge in [-0.1, -0.05) is 53.9 Å². The summed E-state index contributed by atoms with van der Waals surface area (Å²) in [5.74, 6) is -1.05. The summed E-state index contributed by atoms with van der Waals surface area (Å²) in [6.45, 7) is 3.44. The molecule has 0 aromatic heterocycles. The van der Waals surface area contributed by atoms with Crippen molar-refractivity contribution < 1.29 is 18.0 Å². The molecule has 8 nitrogen and oxygen atoms in total. The highest BCUT2D eigenvalue weighted by molar-refractivity contribution is 7.89. The smallest absolute Gasteiger partial charge is 0.264 e. The molecule has 2 aliphatic heterocycles. The Kier molecular flexibility index (Phi) is 8.56. The number of likely N-dealkylation sites (tertiary alicyclic amines) is 1. The van der Waals surface area contributed by atoms with Gasteiger partial charge in [-0.25, -0.2) is 8.42 Å². The van der Waals surface area contributed by atoms with Crippen LogP contribution >= 0.6 is 23.2 Å². The molecule has 2 aromatic carbocycles. The minimum Gasteiger partial charge on any atom is -0.352 e. The van der Waals surface area contributed by atoms with Crippen molar-refractivity contribution in [2.24, 2.45) is 0 Å². The van der Waals surface area contributed by atoms with Gasteiger partial charge in [0.25, 0.3) is 10.0 Å². The van der Waals surface area contributed by atoms with Crippen LogP contribution in [0.2, 0.25) is 10.0 Å². The Hall–Kier alpha value is -2.59. The Morgan fingerprint density at radius 3 is 2.39 bits per heavy atom. The van der Waals surface area contributed by atoms with E-state index in [9.17, 15) is 18.0 Å². The van der Waals surface area contributed by atoms with Crippen LogP contribution in [-0.2, 0) is 32.7 Å². The topological polar surface area (TPSA) is 98.8 Å². The molecule has 1 atom stereocenters. The van der Waals surface area contributed by atoms with Gasteiger partial charge in [0.15, 0.2) is 0 Å². The molecule has 0 radical (unpaired) electrons. The fraction of sp³-hybridized carbons (Fsp3) is 0.360. The molecular weight excluding hydrogens is 523 g/mol. The molecule has 0 bridgehead atoms. The molecule has 1 fully saturated rings. The van der Waals surface area contributed by atoms with E-state index in [4.69, 9.17) is 23.2 Å². The average molecular weight is 551 g/mol. The molecule has 0 aliphatic carbocycles. The van der Waals surface area contributed by atoms with Crippen molar-refractivity contribution in [3.05, 3.63) is 76.0 Å². The third-order valence-electron chi connectivity index (χ3n) is 6.27. The van der Waals surface area contributed by atoms with Crippen molar-refractivity contribution in [3.8, 4) is 0 Å². The summed E-state index contributed by atoms with van der Waals surface area (Å²) in [6, 6.07) is 10.7. The third-order valence-corrected chi connectivity index (χ3v) is 8.79. The molecule has 2 aliphatic rings. The van der Waals surface area contributed by atoms with E-state index in [1.54, 1.807) is 0 Å². The van der Waals surface area contributed by atoms with Gasteiger partial charge in [0.1, 0.15) is 6.04 Å². The number of nitrogens with one attached hydrogen (secondary N) is 2. The van der Waals surface area contributed by atoms with E-state index in [0.29, 0.717) is 0 Å². The van der Waals surface area contributed by atoms with Crippen LogP contribution in [0, 0.1) is 0 Å². The van der Waals surface area contributed by atoms with Crippen molar-refractivity contribution in [2.45, 2.75) is 49.7 Å². The second kappa shape index (κ2) is 11.6. The van der Waals surface area contributed by atoms with Crippen molar-refractivity contribution in [3.63, 3.8) is 0 Å². The molecular formula is C25H28Cl2N4O4S. The monoisotopic (exact) mass is 550 g/mol. The zero-order valence-corrected chi connectivity index (χ0v) is 22.0. The van der Waals surface area contributed by atoms with Gasteiger partial charge in [-0.2, -0.15) is 0 Å². The lowest BCUT2D eigenvalue weighted by Gasteiger charge is -2.31. The van der Waals surface area contributed by atoms with Crippen LogP contribution in [0.3, 0.4) is 0 Å². The number of nitrogens with zero attached hydrogens (tertiary/aromatic N) is 2. The van der Waals surface area contributed by atoms with Crippen LogP contribution in [0.1, 0.15) is 36.8 Å². The molecule has 2 aromatic rings. The molecule has 192 valence electrons. The van der Waals surface area contributed by atoms with Crippen LogP contribution in [0.25, 0.3) is 0 Å². The molecule has 2 heterocycles. The summed E-state index contributed by atoms with van der Waals surface area (Å²) in [4.78, 5) is 27.5. The van der Waals surface area contributed by atoms with Gasteiger partial charge in [-0.3, -0.25) is 18.8 Å². The molecule has 11 heteroatoms. The fourth-order valence-electron chi connectivity index (χ4n) is 4.28. The maximum absolute atomic E-state index is 13.2. The molecule has 1 saturated heterocycles. The largest absolute Gasteiger partial charge is 0.352 e. The van der Waals surface area contributed by atoms with Crippen LogP contribution in [0.5, 0.6) is 0 Å². The number of carbonyl (C=O) groups is 2. The van der Waals surface area contributed by atoms with Crippen LogP contribution in [0.4, 0.5) is 0 Å². The summed E-state index contributed by atoms with van der Waals surface area (Å²) in [5, 5.41) is 5.53. The van der Waals surface area contributed by atoms with Crippen LogP contribution in [0.15, 0.2) is 59.8 Å². The van der Waals surface area contributed by atoms with Crippen LogP contribution < -0.4 is 10.6 Å². The number of sulfonamides is 1. The van der Waals surface area contributed by atoms with Gasteiger partial charge in [0.05, 0.1) is 21.4 Å². The second-order valence-corrected chi connectivity index (χ2v) is 11.5. The highest BCUT2D eigenvalue weighted by Gasteiger charge is 2.37. The summed E-state index contributed by atoms with van der Waals surface area (Å²) in [5.41, 5.74) is 2.14. The number of carbonyl (C=O) groups excluding carboxylic acids is 2. The maximum atomic E-state index is 13.2. The standard InChI is InChI=1S/C25H28Cl2N4O4S/c26-21-9-8-20(14-22(21)27)36(34,35)31-13-10-28-25(33)23(31)15-24(32)29-16-18-4-6-19(7-5-18)17-30-11-2-1-3-12-30/h4-10,13-14,23H,1-3,11-12,15-17H2,(H,28,33)(H,29,32)/t23-/m1/s1. The zero-order chi connectivity index (χ0) is 25.7. The van der Waals surface area contributed by atoms with Gasteiger partial charge in [0, 0.05) is 25.5 Å². The summed E-state index contributed by atoms with van der Waals surface area (Å²) in [7, 11) is -4.15. The number of hydrogen-bond acceptors (Lipinski definition) is 5. The molecule has 0 unspecified atom stereocenters. The SMILES string of the molecule is O=C(C[C@@H]1C(=O)NC=CN1S(=O)(=O)c1ccc(Cl)c(Cl)c1)NCc1ccc(CN2CCCCC2)cc1. The lowest BCUT2D eigenvalue weighted by atomic mass is 10.1. The van der Waals surface area contributed by atoms with Gasteiger partial charge < -0.3 is 10.6 Å². The quantitative estimate of drug-likeness (QED) is 0.522. The first-order valence-corrected chi connectivity index (χ1v) is 14.0. The van der Waals surface area contributed by atoms with Gasteiger partial charge in [-0.15, -0.1) is 0 Å². The van der Waals surface area contributed by atoms with E-state index >= 15 is 0 Å². The Morgan fingerprint density at radius 1 is 1.00 bits per heavy atom. The highest BCUT2D eigenvalue weighted by atomic mass is 35.5. The lowest BCUT2D eigenvalue weighted by Crippen LogP contribution is -2.51. The number of piperidine rings is 1. The second-order valence-electron chi connectivity index (χ2n) is 8.89. The number of hydrogen-bond donors (Lipinski definition) is 2. The number of halogens is 2. The molecule has 0 saturated carbocycles. The molecule has 2 amide bonds. The fourth-order valence-corrected chi connectivity index (χ4v) is 6.12. The molecule has 0 spiro atoms. The van der Waals surface area contributed by atoms with Crippen molar-refractivity contribution in [1.29, 1.82) is 0 Å². The minimum atomic E-state index is -4.15. The molecule has 2 N–H and O–H groups in total.